The first-order valence-corrected chi connectivity index (χ1v) is 8.70. The van der Waals surface area contributed by atoms with Crippen LogP contribution < -0.4 is 11.2 Å². The average Bonchev–Trinajstić information content (AvgIpc) is 2.60. The maximum absolute atomic E-state index is 12.1. The number of primary amides is 1. The molecule has 3 rings (SSSR count). The molecule has 0 spiro atoms. The van der Waals surface area contributed by atoms with E-state index in [-0.39, 0.29) is 17.0 Å². The van der Waals surface area contributed by atoms with Crippen molar-refractivity contribution in [3.63, 3.8) is 0 Å². The van der Waals surface area contributed by atoms with E-state index in [9.17, 15) is 9.59 Å². The van der Waals surface area contributed by atoms with E-state index in [1.54, 1.807) is 24.3 Å². The van der Waals surface area contributed by atoms with E-state index >= 15 is 0 Å². The molecule has 6 nitrogen and oxygen atoms in total. The molecule has 1 aliphatic rings. The molecule has 138 valence electrons. The number of fused-ring (bicyclic) bond motifs is 1. The van der Waals surface area contributed by atoms with Gasteiger partial charge in [0.25, 0.3) is 5.91 Å². The van der Waals surface area contributed by atoms with Gasteiger partial charge in [-0.1, -0.05) is 36.4 Å². The highest BCUT2D eigenvalue weighted by Gasteiger charge is 2.30. The SMILES string of the molecule is CC(=O)c1cccc(NN=C(C(N)=O)C2=NC(C)(C)Cc3ccccc32)c1. The Bertz CT molecular complexity index is 974. The molecule has 2 aromatic rings. The van der Waals surface area contributed by atoms with Gasteiger partial charge in [-0.3, -0.25) is 20.0 Å². The van der Waals surface area contributed by atoms with E-state index in [0.717, 1.165) is 17.5 Å². The van der Waals surface area contributed by atoms with Crippen LogP contribution in [-0.2, 0) is 11.2 Å². The van der Waals surface area contributed by atoms with Crippen LogP contribution in [0.3, 0.4) is 0 Å². The van der Waals surface area contributed by atoms with E-state index in [1.807, 2.05) is 38.1 Å². The van der Waals surface area contributed by atoms with Gasteiger partial charge in [-0.15, -0.1) is 0 Å². The van der Waals surface area contributed by atoms with Gasteiger partial charge >= 0.3 is 0 Å². The number of Topliss-reactive ketones (excluding diaryl/α,β-unsaturated/α-hetero) is 1. The molecule has 0 saturated heterocycles. The molecule has 1 aliphatic heterocycles. The van der Waals surface area contributed by atoms with Crippen molar-refractivity contribution in [2.45, 2.75) is 32.7 Å². The number of amides is 1. The van der Waals surface area contributed by atoms with Gasteiger partial charge in [-0.25, -0.2) is 0 Å². The van der Waals surface area contributed by atoms with Crippen LogP contribution in [0, 0.1) is 0 Å². The van der Waals surface area contributed by atoms with Crippen molar-refractivity contribution < 1.29 is 9.59 Å². The Balaban J connectivity index is 2.01. The topological polar surface area (TPSA) is 96.9 Å². The zero-order valence-electron chi connectivity index (χ0n) is 15.6. The second-order valence-electron chi connectivity index (χ2n) is 7.18. The van der Waals surface area contributed by atoms with Gasteiger partial charge in [0.05, 0.1) is 16.9 Å². The summed E-state index contributed by atoms with van der Waals surface area (Å²) in [7, 11) is 0. The van der Waals surface area contributed by atoms with E-state index < -0.39 is 5.91 Å². The van der Waals surface area contributed by atoms with Crippen molar-refractivity contribution in [1.82, 2.24) is 0 Å². The minimum atomic E-state index is -0.670. The highest BCUT2D eigenvalue weighted by Crippen LogP contribution is 2.27. The number of benzene rings is 2. The number of hydrogen-bond acceptors (Lipinski definition) is 5. The minimum absolute atomic E-state index is 0.0508. The molecule has 0 saturated carbocycles. The van der Waals surface area contributed by atoms with Crippen LogP contribution in [0.5, 0.6) is 0 Å². The van der Waals surface area contributed by atoms with Gasteiger partial charge in [-0.2, -0.15) is 5.10 Å². The summed E-state index contributed by atoms with van der Waals surface area (Å²) in [5, 5.41) is 4.23. The number of nitrogens with one attached hydrogen (secondary N) is 1. The van der Waals surface area contributed by atoms with Crippen molar-refractivity contribution >= 4 is 28.8 Å². The lowest BCUT2D eigenvalue weighted by molar-refractivity contribution is -0.111. The smallest absolute Gasteiger partial charge is 0.271 e. The molecule has 0 bridgehead atoms. The predicted molar refractivity (Wildman–Crippen MR) is 107 cm³/mol. The monoisotopic (exact) mass is 362 g/mol. The number of carbonyl (C=O) groups excluding carboxylic acids is 2. The normalized spacial score (nSPS) is 15.5. The molecule has 0 atom stereocenters. The summed E-state index contributed by atoms with van der Waals surface area (Å²) in [6.45, 7) is 5.50. The van der Waals surface area contributed by atoms with E-state index in [4.69, 9.17) is 10.7 Å². The summed E-state index contributed by atoms with van der Waals surface area (Å²) in [5.74, 6) is -0.721. The molecule has 0 radical (unpaired) electrons. The second kappa shape index (κ2) is 7.15. The van der Waals surface area contributed by atoms with Crippen LogP contribution in [0.25, 0.3) is 0 Å². The summed E-state index contributed by atoms with van der Waals surface area (Å²) in [6.07, 6.45) is 0.771. The quantitative estimate of drug-likeness (QED) is 0.486. The van der Waals surface area contributed by atoms with Crippen molar-refractivity contribution in [3.05, 3.63) is 65.2 Å². The average molecular weight is 362 g/mol. The lowest BCUT2D eigenvalue weighted by Gasteiger charge is -2.28. The third-order valence-electron chi connectivity index (χ3n) is 4.33. The fourth-order valence-electron chi connectivity index (χ4n) is 3.11. The van der Waals surface area contributed by atoms with Gasteiger partial charge in [0.1, 0.15) is 0 Å². The first-order chi connectivity index (χ1) is 12.8. The molecule has 2 aromatic carbocycles. The molecule has 0 aromatic heterocycles. The molecular weight excluding hydrogens is 340 g/mol. The maximum atomic E-state index is 12.1. The van der Waals surface area contributed by atoms with Crippen molar-refractivity contribution in [3.8, 4) is 0 Å². The maximum Gasteiger partial charge on any atom is 0.271 e. The number of hydrazone groups is 1. The fourth-order valence-corrected chi connectivity index (χ4v) is 3.11. The van der Waals surface area contributed by atoms with Crippen LogP contribution in [0.15, 0.2) is 58.6 Å². The number of rotatable bonds is 5. The van der Waals surface area contributed by atoms with E-state index in [0.29, 0.717) is 17.0 Å². The summed E-state index contributed by atoms with van der Waals surface area (Å²) >= 11 is 0. The molecule has 0 unspecified atom stereocenters. The van der Waals surface area contributed by atoms with Gasteiger partial charge in [0.2, 0.25) is 0 Å². The van der Waals surface area contributed by atoms with Crippen molar-refractivity contribution in [1.29, 1.82) is 0 Å². The molecule has 3 N–H and O–H groups in total. The van der Waals surface area contributed by atoms with Gasteiger partial charge in [0, 0.05) is 11.1 Å². The summed E-state index contributed by atoms with van der Waals surface area (Å²) in [5.41, 5.74) is 11.7. The summed E-state index contributed by atoms with van der Waals surface area (Å²) in [4.78, 5) is 28.4. The molecular formula is C21H22N4O2. The molecule has 1 amide bonds. The van der Waals surface area contributed by atoms with Gasteiger partial charge in [-0.05, 0) is 44.9 Å². The van der Waals surface area contributed by atoms with Crippen molar-refractivity contribution in [2.75, 3.05) is 5.43 Å². The number of aliphatic imine (C=N–C) groups is 1. The van der Waals surface area contributed by atoms with E-state index in [2.05, 4.69) is 10.5 Å². The minimum Gasteiger partial charge on any atom is -0.364 e. The largest absolute Gasteiger partial charge is 0.364 e. The standard InChI is InChI=1S/C21H22N4O2/c1-13(26)14-8-6-9-16(11-14)24-25-19(20(22)27)18-17-10-5-4-7-15(17)12-21(2,3)23-18/h4-11,24H,12H2,1-3H3,(H2,22,27). The van der Waals surface area contributed by atoms with Crippen molar-refractivity contribution in [2.24, 2.45) is 15.8 Å². The first-order valence-electron chi connectivity index (χ1n) is 8.70. The molecule has 0 aliphatic carbocycles. The number of carbonyl (C=O) groups is 2. The first kappa shape index (κ1) is 18.5. The van der Waals surface area contributed by atoms with Gasteiger partial charge < -0.3 is 5.73 Å². The molecule has 1 heterocycles. The predicted octanol–water partition coefficient (Wildman–Crippen LogP) is 2.97. The number of hydrogen-bond donors (Lipinski definition) is 2. The third kappa shape index (κ3) is 4.11. The van der Waals surface area contributed by atoms with Crippen LogP contribution in [0.1, 0.15) is 42.3 Å². The number of anilines is 1. The summed E-state index contributed by atoms with van der Waals surface area (Å²) in [6, 6.07) is 14.7. The van der Waals surface area contributed by atoms with Crippen LogP contribution in [0.2, 0.25) is 0 Å². The number of ketones is 1. The summed E-state index contributed by atoms with van der Waals surface area (Å²) < 4.78 is 0. The Morgan fingerprint density at radius 1 is 1.15 bits per heavy atom. The molecule has 6 heteroatoms. The Morgan fingerprint density at radius 3 is 2.59 bits per heavy atom. The lowest BCUT2D eigenvalue weighted by Crippen LogP contribution is -2.38. The number of nitrogens with zero attached hydrogens (tertiary/aromatic N) is 2. The van der Waals surface area contributed by atoms with Crippen LogP contribution >= 0.6 is 0 Å². The highest BCUT2D eigenvalue weighted by molar-refractivity contribution is 6.70. The third-order valence-corrected chi connectivity index (χ3v) is 4.33. The zero-order chi connectivity index (χ0) is 19.6. The lowest BCUT2D eigenvalue weighted by atomic mass is 9.85. The Kier molecular flexibility index (Phi) is 4.90. The van der Waals surface area contributed by atoms with Crippen LogP contribution in [-0.4, -0.2) is 28.7 Å². The number of nitrogens with two attached hydrogens (primary N) is 1. The Hall–Kier alpha value is -3.28. The Labute approximate surface area is 158 Å². The second-order valence-corrected chi connectivity index (χ2v) is 7.18. The molecule has 27 heavy (non-hydrogen) atoms. The van der Waals surface area contributed by atoms with E-state index in [1.165, 1.54) is 6.92 Å². The Morgan fingerprint density at radius 2 is 1.89 bits per heavy atom. The molecule has 0 fully saturated rings. The zero-order valence-corrected chi connectivity index (χ0v) is 15.6. The highest BCUT2D eigenvalue weighted by atomic mass is 16.1. The van der Waals surface area contributed by atoms with Crippen LogP contribution in [0.4, 0.5) is 5.69 Å². The van der Waals surface area contributed by atoms with Gasteiger partial charge in [0.15, 0.2) is 11.5 Å². The fraction of sp³-hybridized carbons (Fsp3) is 0.238.